The molecule has 0 saturated carbocycles. The zero-order valence-electron chi connectivity index (χ0n) is 5.93. The van der Waals surface area contributed by atoms with Crippen LogP contribution in [0.2, 0.25) is 0 Å². The van der Waals surface area contributed by atoms with Gasteiger partial charge in [-0.2, -0.15) is 13.2 Å². The lowest BCUT2D eigenvalue weighted by Gasteiger charge is -2.23. The molecule has 1 heterocycles. The van der Waals surface area contributed by atoms with Crippen LogP contribution < -0.4 is 0 Å². The van der Waals surface area contributed by atoms with E-state index in [0.29, 0.717) is 0 Å². The fourth-order valence-corrected chi connectivity index (χ4v) is 2.88. The highest BCUT2D eigenvalue weighted by molar-refractivity contribution is 7.91. The number of rotatable bonds is 0. The van der Waals surface area contributed by atoms with Crippen LogP contribution in [0.5, 0.6) is 0 Å². The molecule has 1 N–H and O–H groups in total. The Hall–Kier alpha value is -0.300. The molecule has 0 aromatic rings. The Kier molecular flexibility index (Phi) is 1.92. The van der Waals surface area contributed by atoms with Gasteiger partial charge in [0.2, 0.25) is 0 Å². The van der Waals surface area contributed by atoms with Crippen LogP contribution in [-0.4, -0.2) is 36.8 Å². The third-order valence-electron chi connectivity index (χ3n) is 1.81. The molecule has 1 rings (SSSR count). The maximum atomic E-state index is 12.0. The molecule has 1 aliphatic heterocycles. The van der Waals surface area contributed by atoms with Crippen molar-refractivity contribution in [3.63, 3.8) is 0 Å². The van der Waals surface area contributed by atoms with Gasteiger partial charge in [-0.25, -0.2) is 8.42 Å². The number of hydrogen-bond acceptors (Lipinski definition) is 3. The highest BCUT2D eigenvalue weighted by Gasteiger charge is 2.59. The largest absolute Gasteiger partial charge is 0.418 e. The van der Waals surface area contributed by atoms with E-state index in [4.69, 9.17) is 5.11 Å². The van der Waals surface area contributed by atoms with Gasteiger partial charge in [0, 0.05) is 0 Å². The standard InChI is InChI=1S/C5H7F3O3S/c6-5(7,8)4(9)1-2-12(10,11)3-4/h9H,1-3H2. The number of alkyl halides is 3. The molecule has 0 aromatic carbocycles. The van der Waals surface area contributed by atoms with Gasteiger partial charge < -0.3 is 5.11 Å². The summed E-state index contributed by atoms with van der Waals surface area (Å²) in [6, 6.07) is 0. The Labute approximate surface area is 67.1 Å². The van der Waals surface area contributed by atoms with Crippen LogP contribution in [0.15, 0.2) is 0 Å². The molecule has 3 nitrogen and oxygen atoms in total. The summed E-state index contributed by atoms with van der Waals surface area (Å²) in [6.07, 6.45) is -5.60. The number of aliphatic hydroxyl groups is 1. The maximum absolute atomic E-state index is 12.0. The molecule has 0 bridgehead atoms. The normalized spacial score (nSPS) is 35.3. The maximum Gasteiger partial charge on any atom is 0.418 e. The first-order chi connectivity index (χ1) is 5.16. The van der Waals surface area contributed by atoms with Crippen molar-refractivity contribution in [3.05, 3.63) is 0 Å². The van der Waals surface area contributed by atoms with Crippen LogP contribution in [0.3, 0.4) is 0 Å². The lowest BCUT2D eigenvalue weighted by molar-refractivity contribution is -0.249. The van der Waals surface area contributed by atoms with Crippen molar-refractivity contribution in [1.29, 1.82) is 0 Å². The van der Waals surface area contributed by atoms with E-state index in [1.54, 1.807) is 0 Å². The Morgan fingerprint density at radius 3 is 2.00 bits per heavy atom. The summed E-state index contributed by atoms with van der Waals surface area (Å²) in [5.74, 6) is -1.80. The molecule has 72 valence electrons. The second kappa shape index (κ2) is 2.35. The lowest BCUT2D eigenvalue weighted by atomic mass is 10.0. The van der Waals surface area contributed by atoms with Crippen LogP contribution in [0, 0.1) is 0 Å². The van der Waals surface area contributed by atoms with Crippen molar-refractivity contribution in [3.8, 4) is 0 Å². The van der Waals surface area contributed by atoms with E-state index in [1.165, 1.54) is 0 Å². The van der Waals surface area contributed by atoms with Crippen molar-refractivity contribution in [2.45, 2.75) is 18.2 Å². The lowest BCUT2D eigenvalue weighted by Crippen LogP contribution is -2.46. The number of halogens is 3. The average molecular weight is 204 g/mol. The predicted molar refractivity (Wildman–Crippen MR) is 34.3 cm³/mol. The molecule has 7 heteroatoms. The Morgan fingerprint density at radius 2 is 1.83 bits per heavy atom. The Morgan fingerprint density at radius 1 is 1.33 bits per heavy atom. The van der Waals surface area contributed by atoms with E-state index in [2.05, 4.69) is 0 Å². The molecule has 12 heavy (non-hydrogen) atoms. The van der Waals surface area contributed by atoms with Crippen LogP contribution in [-0.2, 0) is 9.84 Å². The van der Waals surface area contributed by atoms with Gasteiger partial charge in [-0.05, 0) is 6.42 Å². The zero-order valence-corrected chi connectivity index (χ0v) is 6.74. The Balaban J connectivity index is 2.93. The number of hydrogen-bond donors (Lipinski definition) is 1. The molecule has 0 spiro atoms. The van der Waals surface area contributed by atoms with Crippen molar-refractivity contribution < 1.29 is 26.7 Å². The van der Waals surface area contributed by atoms with E-state index in [1.807, 2.05) is 0 Å². The molecule has 1 aliphatic rings. The SMILES string of the molecule is O=S1(=O)CCC(O)(C(F)(F)F)C1. The van der Waals surface area contributed by atoms with E-state index >= 15 is 0 Å². The molecule has 0 radical (unpaired) electrons. The summed E-state index contributed by atoms with van der Waals surface area (Å²) in [5, 5.41) is 8.86. The molecular weight excluding hydrogens is 197 g/mol. The molecule has 0 aliphatic carbocycles. The van der Waals surface area contributed by atoms with Gasteiger partial charge in [0.15, 0.2) is 15.4 Å². The topological polar surface area (TPSA) is 54.4 Å². The van der Waals surface area contributed by atoms with E-state index < -0.39 is 39.5 Å². The van der Waals surface area contributed by atoms with Gasteiger partial charge in [0.25, 0.3) is 0 Å². The summed E-state index contributed by atoms with van der Waals surface area (Å²) >= 11 is 0. The fraction of sp³-hybridized carbons (Fsp3) is 1.00. The first-order valence-corrected chi connectivity index (χ1v) is 4.98. The van der Waals surface area contributed by atoms with Crippen molar-refractivity contribution in [2.75, 3.05) is 11.5 Å². The first kappa shape index (κ1) is 9.79. The highest BCUT2D eigenvalue weighted by Crippen LogP contribution is 2.38. The quantitative estimate of drug-likeness (QED) is 0.608. The van der Waals surface area contributed by atoms with Gasteiger partial charge in [-0.1, -0.05) is 0 Å². The van der Waals surface area contributed by atoms with Gasteiger partial charge in [-0.3, -0.25) is 0 Å². The molecule has 1 saturated heterocycles. The second-order valence-electron chi connectivity index (χ2n) is 2.87. The van der Waals surface area contributed by atoms with Crippen LogP contribution in [0.25, 0.3) is 0 Å². The monoisotopic (exact) mass is 204 g/mol. The summed E-state index contributed by atoms with van der Waals surface area (Å²) < 4.78 is 57.2. The van der Waals surface area contributed by atoms with Crippen LogP contribution in [0.1, 0.15) is 6.42 Å². The van der Waals surface area contributed by atoms with Crippen molar-refractivity contribution in [2.24, 2.45) is 0 Å². The molecular formula is C5H7F3O3S. The van der Waals surface area contributed by atoms with Crippen LogP contribution >= 0.6 is 0 Å². The van der Waals surface area contributed by atoms with E-state index in [9.17, 15) is 21.6 Å². The fourth-order valence-electron chi connectivity index (χ4n) is 1.06. The molecule has 0 aromatic heterocycles. The third kappa shape index (κ3) is 1.56. The minimum Gasteiger partial charge on any atom is -0.380 e. The predicted octanol–water partition coefficient (Wildman–Crippen LogP) is 0.0983. The minimum atomic E-state index is -4.85. The van der Waals surface area contributed by atoms with Crippen molar-refractivity contribution >= 4 is 9.84 Å². The number of sulfone groups is 1. The third-order valence-corrected chi connectivity index (χ3v) is 3.56. The minimum absolute atomic E-state index is 0.594. The highest BCUT2D eigenvalue weighted by atomic mass is 32.2. The molecule has 1 unspecified atom stereocenters. The summed E-state index contributed by atoms with van der Waals surface area (Å²) in [7, 11) is -3.71. The molecule has 1 fully saturated rings. The molecule has 1 atom stereocenters. The van der Waals surface area contributed by atoms with Gasteiger partial charge >= 0.3 is 6.18 Å². The second-order valence-corrected chi connectivity index (χ2v) is 5.06. The summed E-state index contributed by atoms with van der Waals surface area (Å²) in [5.41, 5.74) is -3.02. The molecule has 0 amide bonds. The van der Waals surface area contributed by atoms with E-state index in [-0.39, 0.29) is 0 Å². The summed E-state index contributed by atoms with van der Waals surface area (Å²) in [6.45, 7) is 0. The first-order valence-electron chi connectivity index (χ1n) is 3.16. The van der Waals surface area contributed by atoms with Gasteiger partial charge in [0.05, 0.1) is 11.5 Å². The van der Waals surface area contributed by atoms with Crippen LogP contribution in [0.4, 0.5) is 13.2 Å². The zero-order chi connectivity index (χ0) is 9.62. The smallest absolute Gasteiger partial charge is 0.380 e. The van der Waals surface area contributed by atoms with Crippen molar-refractivity contribution in [1.82, 2.24) is 0 Å². The average Bonchev–Trinajstić information content (AvgIpc) is 2.05. The Bertz CT molecular complexity index is 281. The summed E-state index contributed by atoms with van der Waals surface area (Å²) in [4.78, 5) is 0. The van der Waals surface area contributed by atoms with Gasteiger partial charge in [-0.15, -0.1) is 0 Å². The van der Waals surface area contributed by atoms with E-state index in [0.717, 1.165) is 0 Å². The van der Waals surface area contributed by atoms with Gasteiger partial charge in [0.1, 0.15) is 0 Å².